The summed E-state index contributed by atoms with van der Waals surface area (Å²) in [6, 6.07) is 1.92. The van der Waals surface area contributed by atoms with E-state index in [2.05, 4.69) is 20.9 Å². The number of halogens is 1. The standard InChI is InChI=1S/C14H19BBrNO3/c1-13(2)14(3,4)20-15(19-13)12-7-10(16)11(8-17-12)18-9-5-6-9/h7-9H,5-6H2,1-4H3. The Morgan fingerprint density at radius 1 is 1.25 bits per heavy atom. The fourth-order valence-corrected chi connectivity index (χ4v) is 2.41. The lowest BCUT2D eigenvalue weighted by Gasteiger charge is -2.32. The van der Waals surface area contributed by atoms with Gasteiger partial charge < -0.3 is 14.0 Å². The Balaban J connectivity index is 1.79. The van der Waals surface area contributed by atoms with Crippen molar-refractivity contribution in [1.29, 1.82) is 0 Å². The molecule has 2 fully saturated rings. The first-order valence-electron chi connectivity index (χ1n) is 6.96. The van der Waals surface area contributed by atoms with Gasteiger partial charge in [0.05, 0.1) is 33.6 Å². The second-order valence-electron chi connectivity index (χ2n) is 6.45. The van der Waals surface area contributed by atoms with Crippen LogP contribution in [0.25, 0.3) is 0 Å². The number of aromatic nitrogens is 1. The minimum atomic E-state index is -0.439. The van der Waals surface area contributed by atoms with Gasteiger partial charge in [0.15, 0.2) is 5.75 Å². The molecule has 3 rings (SSSR count). The van der Waals surface area contributed by atoms with E-state index in [1.54, 1.807) is 6.20 Å². The average Bonchev–Trinajstić information content (AvgIpc) is 3.10. The zero-order valence-electron chi connectivity index (χ0n) is 12.3. The molecule has 1 aliphatic carbocycles. The van der Waals surface area contributed by atoms with Crippen LogP contribution in [-0.4, -0.2) is 29.4 Å². The molecule has 0 unspecified atom stereocenters. The highest BCUT2D eigenvalue weighted by molar-refractivity contribution is 9.10. The summed E-state index contributed by atoms with van der Waals surface area (Å²) in [4.78, 5) is 4.43. The molecule has 0 aromatic carbocycles. The van der Waals surface area contributed by atoms with Crippen molar-refractivity contribution in [2.75, 3.05) is 0 Å². The SMILES string of the molecule is CC1(C)OB(c2cc(Br)c(OC3CC3)cn2)OC1(C)C. The average molecular weight is 340 g/mol. The molecular formula is C14H19BBrNO3. The number of nitrogens with zero attached hydrogens (tertiary/aromatic N) is 1. The minimum absolute atomic E-state index is 0.352. The molecule has 1 aromatic rings. The van der Waals surface area contributed by atoms with Gasteiger partial charge in [-0.3, -0.25) is 4.98 Å². The van der Waals surface area contributed by atoms with E-state index in [1.807, 2.05) is 33.8 Å². The van der Waals surface area contributed by atoms with E-state index < -0.39 is 7.12 Å². The van der Waals surface area contributed by atoms with Gasteiger partial charge >= 0.3 is 7.12 Å². The molecule has 1 aliphatic heterocycles. The molecule has 0 bridgehead atoms. The molecule has 0 radical (unpaired) electrons. The molecule has 1 aromatic heterocycles. The molecule has 6 heteroatoms. The Hall–Kier alpha value is -0.585. The van der Waals surface area contributed by atoms with E-state index in [1.165, 1.54) is 0 Å². The molecule has 20 heavy (non-hydrogen) atoms. The topological polar surface area (TPSA) is 40.6 Å². The monoisotopic (exact) mass is 339 g/mol. The molecule has 0 atom stereocenters. The molecule has 1 saturated heterocycles. The van der Waals surface area contributed by atoms with Crippen molar-refractivity contribution in [3.8, 4) is 5.75 Å². The zero-order chi connectivity index (χ0) is 14.5. The van der Waals surface area contributed by atoms with Gasteiger partial charge in [-0.05, 0) is 62.5 Å². The highest BCUT2D eigenvalue weighted by Gasteiger charge is 2.52. The van der Waals surface area contributed by atoms with Gasteiger partial charge in [-0.25, -0.2) is 0 Å². The predicted molar refractivity (Wildman–Crippen MR) is 81.3 cm³/mol. The Morgan fingerprint density at radius 2 is 1.85 bits per heavy atom. The summed E-state index contributed by atoms with van der Waals surface area (Å²) in [6.45, 7) is 8.14. The van der Waals surface area contributed by atoms with Crippen LogP contribution in [0.2, 0.25) is 0 Å². The molecule has 0 amide bonds. The molecule has 108 valence electrons. The summed E-state index contributed by atoms with van der Waals surface area (Å²) < 4.78 is 18.6. The van der Waals surface area contributed by atoms with Crippen LogP contribution in [0.3, 0.4) is 0 Å². The van der Waals surface area contributed by atoms with Crippen LogP contribution in [-0.2, 0) is 9.31 Å². The Morgan fingerprint density at radius 3 is 2.35 bits per heavy atom. The highest BCUT2D eigenvalue weighted by Crippen LogP contribution is 2.37. The number of hydrogen-bond acceptors (Lipinski definition) is 4. The van der Waals surface area contributed by atoms with E-state index >= 15 is 0 Å². The van der Waals surface area contributed by atoms with Crippen molar-refractivity contribution >= 4 is 28.6 Å². The second-order valence-corrected chi connectivity index (χ2v) is 7.30. The van der Waals surface area contributed by atoms with Crippen molar-refractivity contribution in [2.24, 2.45) is 0 Å². The van der Waals surface area contributed by atoms with Crippen molar-refractivity contribution in [1.82, 2.24) is 4.98 Å². The number of ether oxygens (including phenoxy) is 1. The normalized spacial score (nSPS) is 23.9. The lowest BCUT2D eigenvalue weighted by atomic mass is 9.84. The van der Waals surface area contributed by atoms with Crippen LogP contribution in [0.5, 0.6) is 5.75 Å². The van der Waals surface area contributed by atoms with E-state index in [0.717, 1.165) is 28.7 Å². The van der Waals surface area contributed by atoms with Crippen LogP contribution in [0.4, 0.5) is 0 Å². The highest BCUT2D eigenvalue weighted by atomic mass is 79.9. The first kappa shape index (κ1) is 14.4. The van der Waals surface area contributed by atoms with Gasteiger partial charge in [0.2, 0.25) is 0 Å². The third kappa shape index (κ3) is 2.61. The number of hydrogen-bond donors (Lipinski definition) is 0. The third-order valence-corrected chi connectivity index (χ3v) is 4.77. The van der Waals surface area contributed by atoms with Crippen LogP contribution in [0, 0.1) is 0 Å². The summed E-state index contributed by atoms with van der Waals surface area (Å²) in [7, 11) is -0.439. The van der Waals surface area contributed by atoms with E-state index in [0.29, 0.717) is 6.10 Å². The number of pyridine rings is 1. The van der Waals surface area contributed by atoms with Gasteiger partial charge in [-0.1, -0.05) is 0 Å². The first-order valence-corrected chi connectivity index (χ1v) is 7.75. The Bertz CT molecular complexity index is 515. The first-order chi connectivity index (χ1) is 9.28. The predicted octanol–water partition coefficient (Wildman–Crippen LogP) is 2.68. The summed E-state index contributed by atoms with van der Waals surface area (Å²) in [5.74, 6) is 0.785. The Labute approximate surface area is 128 Å². The van der Waals surface area contributed by atoms with Crippen LogP contribution in [0.15, 0.2) is 16.7 Å². The second kappa shape index (κ2) is 4.72. The number of rotatable bonds is 3. The minimum Gasteiger partial charge on any atom is -0.488 e. The fraction of sp³-hybridized carbons (Fsp3) is 0.643. The largest absolute Gasteiger partial charge is 0.514 e. The lowest BCUT2D eigenvalue weighted by molar-refractivity contribution is 0.00578. The fourth-order valence-electron chi connectivity index (χ4n) is 1.98. The molecule has 1 saturated carbocycles. The van der Waals surface area contributed by atoms with E-state index in [4.69, 9.17) is 14.0 Å². The molecule has 0 spiro atoms. The maximum Gasteiger partial charge on any atom is 0.514 e. The van der Waals surface area contributed by atoms with Gasteiger partial charge in [0, 0.05) is 0 Å². The van der Waals surface area contributed by atoms with Crippen molar-refractivity contribution in [2.45, 2.75) is 57.8 Å². The van der Waals surface area contributed by atoms with Crippen molar-refractivity contribution < 1.29 is 14.0 Å². The third-order valence-electron chi connectivity index (χ3n) is 4.15. The van der Waals surface area contributed by atoms with Crippen molar-refractivity contribution in [3.63, 3.8) is 0 Å². The van der Waals surface area contributed by atoms with E-state index in [-0.39, 0.29) is 11.2 Å². The van der Waals surface area contributed by atoms with Crippen molar-refractivity contribution in [3.05, 3.63) is 16.7 Å². The van der Waals surface area contributed by atoms with Crippen LogP contribution < -0.4 is 10.3 Å². The summed E-state index contributed by atoms with van der Waals surface area (Å²) in [5.41, 5.74) is 0.0583. The van der Waals surface area contributed by atoms with Gasteiger partial charge in [0.1, 0.15) is 0 Å². The molecule has 0 N–H and O–H groups in total. The maximum absolute atomic E-state index is 5.99. The zero-order valence-corrected chi connectivity index (χ0v) is 13.9. The van der Waals surface area contributed by atoms with Gasteiger partial charge in [0.25, 0.3) is 0 Å². The molecular weight excluding hydrogens is 321 g/mol. The van der Waals surface area contributed by atoms with Crippen LogP contribution >= 0.6 is 15.9 Å². The quantitative estimate of drug-likeness (QED) is 0.794. The molecule has 4 nitrogen and oxygen atoms in total. The molecule has 2 heterocycles. The van der Waals surface area contributed by atoms with E-state index in [9.17, 15) is 0 Å². The van der Waals surface area contributed by atoms with Gasteiger partial charge in [-0.15, -0.1) is 0 Å². The maximum atomic E-state index is 5.99. The van der Waals surface area contributed by atoms with Crippen LogP contribution in [0.1, 0.15) is 40.5 Å². The molecule has 2 aliphatic rings. The lowest BCUT2D eigenvalue weighted by Crippen LogP contribution is -2.41. The Kier molecular flexibility index (Phi) is 3.38. The summed E-state index contributed by atoms with van der Waals surface area (Å²) in [6.07, 6.45) is 4.36. The smallest absolute Gasteiger partial charge is 0.488 e. The van der Waals surface area contributed by atoms with Gasteiger partial charge in [-0.2, -0.15) is 0 Å². The summed E-state index contributed by atoms with van der Waals surface area (Å²) in [5, 5.41) is 0. The summed E-state index contributed by atoms with van der Waals surface area (Å²) >= 11 is 3.53.